The van der Waals surface area contributed by atoms with Gasteiger partial charge in [-0.1, -0.05) is 12.1 Å². The number of hydrogen-bond donors (Lipinski definition) is 0. The van der Waals surface area contributed by atoms with Crippen molar-refractivity contribution in [2.24, 2.45) is 0 Å². The lowest BCUT2D eigenvalue weighted by Crippen LogP contribution is -2.48. The van der Waals surface area contributed by atoms with E-state index in [9.17, 15) is 4.39 Å². The van der Waals surface area contributed by atoms with Gasteiger partial charge < -0.3 is 19.1 Å². The van der Waals surface area contributed by atoms with Crippen LogP contribution in [-0.2, 0) is 11.3 Å². The van der Waals surface area contributed by atoms with E-state index in [1.165, 1.54) is 12.1 Å². The standard InChI is InChI=1S/C23H29FN6O3/c1-31-16-15-30-23(25-26-27-30)21(19-5-4-6-20(32-2)22(19)33-3)29-13-11-28(12-14-29)18-9-7-17(24)8-10-18/h4-10,21H,11-16H2,1-3H3/t21-/m1/s1. The lowest BCUT2D eigenvalue weighted by molar-refractivity contribution is 0.170. The van der Waals surface area contributed by atoms with E-state index in [4.69, 9.17) is 14.2 Å². The number of methoxy groups -OCH3 is 3. The first kappa shape index (κ1) is 22.9. The minimum atomic E-state index is -0.239. The highest BCUT2D eigenvalue weighted by Gasteiger charge is 2.33. The molecule has 1 aromatic heterocycles. The van der Waals surface area contributed by atoms with Crippen LogP contribution in [0.4, 0.5) is 10.1 Å². The zero-order valence-corrected chi connectivity index (χ0v) is 19.1. The fourth-order valence-electron chi connectivity index (χ4n) is 4.26. The van der Waals surface area contributed by atoms with Crippen LogP contribution in [0.3, 0.4) is 0 Å². The molecule has 33 heavy (non-hydrogen) atoms. The van der Waals surface area contributed by atoms with Gasteiger partial charge in [-0.2, -0.15) is 0 Å². The van der Waals surface area contributed by atoms with Crippen LogP contribution in [0, 0.1) is 5.82 Å². The molecule has 0 N–H and O–H groups in total. The Morgan fingerprint density at radius 3 is 2.39 bits per heavy atom. The first-order chi connectivity index (χ1) is 16.2. The van der Waals surface area contributed by atoms with Crippen molar-refractivity contribution in [3.8, 4) is 11.5 Å². The van der Waals surface area contributed by atoms with Gasteiger partial charge in [0.05, 0.1) is 27.4 Å². The summed E-state index contributed by atoms with van der Waals surface area (Å²) in [6.45, 7) is 4.14. The summed E-state index contributed by atoms with van der Waals surface area (Å²) >= 11 is 0. The minimum Gasteiger partial charge on any atom is -0.493 e. The van der Waals surface area contributed by atoms with Crippen LogP contribution >= 0.6 is 0 Å². The third-order valence-corrected chi connectivity index (χ3v) is 5.91. The summed E-state index contributed by atoms with van der Waals surface area (Å²) in [5.74, 6) is 1.80. The Balaban J connectivity index is 1.66. The van der Waals surface area contributed by atoms with Crippen LogP contribution in [0.25, 0.3) is 0 Å². The second-order valence-corrected chi connectivity index (χ2v) is 7.74. The second kappa shape index (κ2) is 10.6. The van der Waals surface area contributed by atoms with E-state index in [1.807, 2.05) is 30.3 Å². The maximum Gasteiger partial charge on any atom is 0.173 e. The first-order valence-corrected chi connectivity index (χ1v) is 10.9. The Morgan fingerprint density at radius 2 is 1.73 bits per heavy atom. The van der Waals surface area contributed by atoms with E-state index >= 15 is 0 Å². The van der Waals surface area contributed by atoms with Gasteiger partial charge in [0.15, 0.2) is 17.3 Å². The molecule has 2 aromatic carbocycles. The van der Waals surface area contributed by atoms with Crippen molar-refractivity contribution in [1.82, 2.24) is 25.1 Å². The molecule has 0 amide bonds. The van der Waals surface area contributed by atoms with Crippen LogP contribution in [0.5, 0.6) is 11.5 Å². The molecule has 10 heteroatoms. The molecule has 1 fully saturated rings. The van der Waals surface area contributed by atoms with Crippen molar-refractivity contribution >= 4 is 5.69 Å². The van der Waals surface area contributed by atoms with Crippen LogP contribution < -0.4 is 14.4 Å². The Hall–Kier alpha value is -3.24. The molecule has 2 heterocycles. The molecule has 4 rings (SSSR count). The van der Waals surface area contributed by atoms with Gasteiger partial charge in [0.1, 0.15) is 11.9 Å². The van der Waals surface area contributed by atoms with Crippen molar-refractivity contribution in [2.75, 3.05) is 59.0 Å². The summed E-state index contributed by atoms with van der Waals surface area (Å²) in [6, 6.07) is 12.2. The Kier molecular flexibility index (Phi) is 7.36. The number of aromatic nitrogens is 4. The quantitative estimate of drug-likeness (QED) is 0.486. The number of para-hydroxylation sites is 1. The van der Waals surface area contributed by atoms with Crippen molar-refractivity contribution in [1.29, 1.82) is 0 Å². The highest BCUT2D eigenvalue weighted by atomic mass is 19.1. The topological polar surface area (TPSA) is 77.8 Å². The zero-order chi connectivity index (χ0) is 23.2. The number of halogens is 1. The number of piperazine rings is 1. The van der Waals surface area contributed by atoms with Gasteiger partial charge in [0, 0.05) is 44.5 Å². The average molecular weight is 457 g/mol. The molecule has 1 aliphatic heterocycles. The SMILES string of the molecule is COCCn1nnnc1[C@@H](c1cccc(OC)c1OC)N1CCN(c2ccc(F)cc2)CC1. The number of hydrogen-bond acceptors (Lipinski definition) is 8. The molecule has 0 aliphatic carbocycles. The second-order valence-electron chi connectivity index (χ2n) is 7.74. The lowest BCUT2D eigenvalue weighted by Gasteiger charge is -2.40. The molecule has 1 atom stereocenters. The van der Waals surface area contributed by atoms with Gasteiger partial charge in [0.2, 0.25) is 0 Å². The van der Waals surface area contributed by atoms with E-state index in [2.05, 4.69) is 25.3 Å². The summed E-state index contributed by atoms with van der Waals surface area (Å²) in [5, 5.41) is 12.5. The maximum absolute atomic E-state index is 13.3. The summed E-state index contributed by atoms with van der Waals surface area (Å²) in [4.78, 5) is 4.59. The molecule has 9 nitrogen and oxygen atoms in total. The van der Waals surface area contributed by atoms with Crippen LogP contribution in [0.1, 0.15) is 17.4 Å². The highest BCUT2D eigenvalue weighted by molar-refractivity contribution is 5.50. The third-order valence-electron chi connectivity index (χ3n) is 5.91. The molecule has 0 radical (unpaired) electrons. The van der Waals surface area contributed by atoms with Gasteiger partial charge in [-0.15, -0.1) is 5.10 Å². The molecular formula is C23H29FN6O3. The predicted octanol–water partition coefficient (Wildman–Crippen LogP) is 2.39. The zero-order valence-electron chi connectivity index (χ0n) is 19.1. The largest absolute Gasteiger partial charge is 0.493 e. The van der Waals surface area contributed by atoms with Gasteiger partial charge in [-0.3, -0.25) is 4.90 Å². The summed E-state index contributed by atoms with van der Waals surface area (Å²) in [7, 11) is 4.92. The number of benzene rings is 2. The molecule has 176 valence electrons. The molecule has 0 bridgehead atoms. The monoisotopic (exact) mass is 456 g/mol. The summed E-state index contributed by atoms with van der Waals surface area (Å²) in [5.41, 5.74) is 1.94. The highest BCUT2D eigenvalue weighted by Crippen LogP contribution is 2.39. The summed E-state index contributed by atoms with van der Waals surface area (Å²) < 4.78 is 31.7. The smallest absolute Gasteiger partial charge is 0.173 e. The fraction of sp³-hybridized carbons (Fsp3) is 0.435. The molecule has 1 saturated heterocycles. The number of nitrogens with zero attached hydrogens (tertiary/aromatic N) is 6. The van der Waals surface area contributed by atoms with Crippen LogP contribution in [0.15, 0.2) is 42.5 Å². The Labute approximate surface area is 192 Å². The molecule has 0 saturated carbocycles. The third kappa shape index (κ3) is 4.91. The Bertz CT molecular complexity index is 1040. The van der Waals surface area contributed by atoms with Crippen molar-refractivity contribution < 1.29 is 18.6 Å². The molecule has 3 aromatic rings. The minimum absolute atomic E-state index is 0.231. The van der Waals surface area contributed by atoms with Crippen molar-refractivity contribution in [2.45, 2.75) is 12.6 Å². The summed E-state index contributed by atoms with van der Waals surface area (Å²) in [6.07, 6.45) is 0. The van der Waals surface area contributed by atoms with E-state index in [0.29, 0.717) is 30.5 Å². The fourth-order valence-corrected chi connectivity index (χ4v) is 4.26. The molecule has 1 aliphatic rings. The van der Waals surface area contributed by atoms with E-state index in [-0.39, 0.29) is 11.9 Å². The van der Waals surface area contributed by atoms with E-state index < -0.39 is 0 Å². The number of tetrazole rings is 1. The number of anilines is 1. The van der Waals surface area contributed by atoms with Gasteiger partial charge >= 0.3 is 0 Å². The van der Waals surface area contributed by atoms with Gasteiger partial charge in [-0.25, -0.2) is 9.07 Å². The normalized spacial score (nSPS) is 15.5. The lowest BCUT2D eigenvalue weighted by atomic mass is 10.0. The van der Waals surface area contributed by atoms with Crippen LogP contribution in [0.2, 0.25) is 0 Å². The van der Waals surface area contributed by atoms with E-state index in [1.54, 1.807) is 26.0 Å². The average Bonchev–Trinajstić information content (AvgIpc) is 3.31. The Morgan fingerprint density at radius 1 is 0.970 bits per heavy atom. The molecule has 0 spiro atoms. The van der Waals surface area contributed by atoms with Gasteiger partial charge in [-0.05, 0) is 40.8 Å². The van der Waals surface area contributed by atoms with Crippen LogP contribution in [-0.4, -0.2) is 79.2 Å². The van der Waals surface area contributed by atoms with Gasteiger partial charge in [0.25, 0.3) is 0 Å². The first-order valence-electron chi connectivity index (χ1n) is 10.9. The van der Waals surface area contributed by atoms with Crippen molar-refractivity contribution in [3.05, 3.63) is 59.7 Å². The molecule has 0 unspecified atom stereocenters. The maximum atomic E-state index is 13.3. The number of rotatable bonds is 9. The predicted molar refractivity (Wildman–Crippen MR) is 121 cm³/mol. The molecular weight excluding hydrogens is 427 g/mol. The van der Waals surface area contributed by atoms with E-state index in [0.717, 1.165) is 37.4 Å². The van der Waals surface area contributed by atoms with Crippen molar-refractivity contribution in [3.63, 3.8) is 0 Å². The number of ether oxygens (including phenoxy) is 3.